The van der Waals surface area contributed by atoms with Crippen LogP contribution in [-0.2, 0) is 0 Å². The lowest BCUT2D eigenvalue weighted by Crippen LogP contribution is -2.51. The minimum absolute atomic E-state index is 0.144. The number of hydrogen-bond acceptors (Lipinski definition) is 2. The van der Waals surface area contributed by atoms with Crippen molar-refractivity contribution in [1.82, 2.24) is 4.90 Å². The summed E-state index contributed by atoms with van der Waals surface area (Å²) < 4.78 is 13.0. The molecule has 1 aromatic carbocycles. The highest BCUT2D eigenvalue weighted by atomic mass is 19.1. The topological polar surface area (TPSA) is 6.48 Å². The quantitative estimate of drug-likeness (QED) is 0.817. The number of rotatable bonds is 2. The maximum absolute atomic E-state index is 13.0. The molecule has 2 saturated carbocycles. The van der Waals surface area contributed by atoms with E-state index in [1.807, 2.05) is 12.1 Å². The van der Waals surface area contributed by atoms with E-state index in [0.29, 0.717) is 0 Å². The SMILES string of the molecule is Fc1ccc(N2CCN(C3CC4CCC3C4)CC2)cc1. The van der Waals surface area contributed by atoms with Crippen LogP contribution >= 0.6 is 0 Å². The monoisotopic (exact) mass is 274 g/mol. The van der Waals surface area contributed by atoms with Gasteiger partial charge in [-0.3, -0.25) is 4.90 Å². The van der Waals surface area contributed by atoms with Gasteiger partial charge in [-0.25, -0.2) is 4.39 Å². The third-order valence-corrected chi connectivity index (χ3v) is 5.68. The Labute approximate surface area is 120 Å². The number of piperazine rings is 1. The second-order valence-electron chi connectivity index (χ2n) is 6.74. The van der Waals surface area contributed by atoms with Crippen molar-refractivity contribution >= 4 is 5.69 Å². The van der Waals surface area contributed by atoms with Gasteiger partial charge in [-0.1, -0.05) is 6.42 Å². The van der Waals surface area contributed by atoms with Crippen LogP contribution in [0.4, 0.5) is 10.1 Å². The van der Waals surface area contributed by atoms with Gasteiger partial charge in [-0.2, -0.15) is 0 Å². The first kappa shape index (κ1) is 12.6. The highest BCUT2D eigenvalue weighted by Gasteiger charge is 2.42. The number of benzene rings is 1. The lowest BCUT2D eigenvalue weighted by molar-refractivity contribution is 0.135. The van der Waals surface area contributed by atoms with Gasteiger partial charge >= 0.3 is 0 Å². The number of anilines is 1. The van der Waals surface area contributed by atoms with Crippen LogP contribution < -0.4 is 4.90 Å². The molecule has 20 heavy (non-hydrogen) atoms. The Balaban J connectivity index is 1.37. The van der Waals surface area contributed by atoms with Crippen molar-refractivity contribution in [3.63, 3.8) is 0 Å². The molecule has 0 amide bonds. The van der Waals surface area contributed by atoms with Crippen LogP contribution in [0.2, 0.25) is 0 Å². The molecule has 3 unspecified atom stereocenters. The Kier molecular flexibility index (Phi) is 3.18. The molecule has 1 heterocycles. The van der Waals surface area contributed by atoms with Gasteiger partial charge in [0.2, 0.25) is 0 Å². The minimum Gasteiger partial charge on any atom is -0.369 e. The Morgan fingerprint density at radius 1 is 0.900 bits per heavy atom. The molecule has 3 aliphatic rings. The Morgan fingerprint density at radius 3 is 2.25 bits per heavy atom. The molecule has 0 aromatic heterocycles. The van der Waals surface area contributed by atoms with E-state index in [1.165, 1.54) is 44.5 Å². The molecule has 0 N–H and O–H groups in total. The van der Waals surface area contributed by atoms with Crippen molar-refractivity contribution in [1.29, 1.82) is 0 Å². The van der Waals surface area contributed by atoms with E-state index in [4.69, 9.17) is 0 Å². The fourth-order valence-corrected chi connectivity index (χ4v) is 4.62. The van der Waals surface area contributed by atoms with Crippen LogP contribution in [0.25, 0.3) is 0 Å². The molecule has 2 nitrogen and oxygen atoms in total. The average molecular weight is 274 g/mol. The molecule has 3 heteroatoms. The van der Waals surface area contributed by atoms with Gasteiger partial charge in [0, 0.05) is 37.9 Å². The van der Waals surface area contributed by atoms with Crippen molar-refractivity contribution in [3.05, 3.63) is 30.1 Å². The highest BCUT2D eigenvalue weighted by molar-refractivity contribution is 5.46. The molecular weight excluding hydrogens is 251 g/mol. The molecule has 3 atom stereocenters. The predicted molar refractivity (Wildman–Crippen MR) is 79.4 cm³/mol. The molecule has 2 bridgehead atoms. The molecule has 108 valence electrons. The van der Waals surface area contributed by atoms with Gasteiger partial charge in [-0.05, 0) is 55.4 Å². The van der Waals surface area contributed by atoms with E-state index >= 15 is 0 Å². The summed E-state index contributed by atoms with van der Waals surface area (Å²) in [6, 6.07) is 7.81. The number of halogens is 1. The summed E-state index contributed by atoms with van der Waals surface area (Å²) in [6.45, 7) is 4.51. The zero-order valence-corrected chi connectivity index (χ0v) is 12.0. The van der Waals surface area contributed by atoms with Gasteiger partial charge in [0.15, 0.2) is 0 Å². The maximum Gasteiger partial charge on any atom is 0.123 e. The summed E-state index contributed by atoms with van der Waals surface area (Å²) in [6.07, 6.45) is 5.88. The molecule has 2 aliphatic carbocycles. The van der Waals surface area contributed by atoms with E-state index in [0.717, 1.165) is 31.0 Å². The van der Waals surface area contributed by atoms with Crippen molar-refractivity contribution < 1.29 is 4.39 Å². The summed E-state index contributed by atoms with van der Waals surface area (Å²) in [5.74, 6) is 1.87. The van der Waals surface area contributed by atoms with Gasteiger partial charge in [-0.15, -0.1) is 0 Å². The number of nitrogens with zero attached hydrogens (tertiary/aromatic N) is 2. The Morgan fingerprint density at radius 2 is 1.65 bits per heavy atom. The molecule has 1 saturated heterocycles. The first-order valence-electron chi connectivity index (χ1n) is 8.04. The van der Waals surface area contributed by atoms with E-state index in [1.54, 1.807) is 12.1 Å². The van der Waals surface area contributed by atoms with E-state index in [9.17, 15) is 4.39 Å². The van der Waals surface area contributed by atoms with E-state index in [2.05, 4.69) is 9.80 Å². The fraction of sp³-hybridized carbons (Fsp3) is 0.647. The third kappa shape index (κ3) is 2.22. The van der Waals surface area contributed by atoms with Gasteiger partial charge in [0.25, 0.3) is 0 Å². The summed E-state index contributed by atoms with van der Waals surface area (Å²) >= 11 is 0. The standard InChI is InChI=1S/C17H23FN2/c18-15-3-5-16(6-4-15)19-7-9-20(10-8-19)17-12-13-1-2-14(17)11-13/h3-6,13-14,17H,1-2,7-12H2. The van der Waals surface area contributed by atoms with Crippen LogP contribution in [0.15, 0.2) is 24.3 Å². The zero-order valence-electron chi connectivity index (χ0n) is 12.0. The highest BCUT2D eigenvalue weighted by Crippen LogP contribution is 2.46. The predicted octanol–water partition coefficient (Wildman–Crippen LogP) is 3.14. The Hall–Kier alpha value is -1.09. The van der Waals surface area contributed by atoms with Crippen LogP contribution in [0.3, 0.4) is 0 Å². The largest absolute Gasteiger partial charge is 0.369 e. The second kappa shape index (κ2) is 5.03. The van der Waals surface area contributed by atoms with Gasteiger partial charge in [0.05, 0.1) is 0 Å². The molecule has 1 aromatic rings. The number of hydrogen-bond donors (Lipinski definition) is 0. The molecule has 3 fully saturated rings. The van der Waals surface area contributed by atoms with Crippen LogP contribution in [0, 0.1) is 17.7 Å². The summed E-state index contributed by atoms with van der Waals surface area (Å²) in [7, 11) is 0. The zero-order chi connectivity index (χ0) is 13.5. The van der Waals surface area contributed by atoms with Crippen LogP contribution in [-0.4, -0.2) is 37.1 Å². The molecular formula is C17H23FN2. The van der Waals surface area contributed by atoms with Crippen molar-refractivity contribution in [2.75, 3.05) is 31.1 Å². The minimum atomic E-state index is -0.144. The third-order valence-electron chi connectivity index (χ3n) is 5.68. The molecule has 4 rings (SSSR count). The number of fused-ring (bicyclic) bond motifs is 2. The lowest BCUT2D eigenvalue weighted by atomic mass is 9.93. The maximum atomic E-state index is 13.0. The van der Waals surface area contributed by atoms with Crippen LogP contribution in [0.5, 0.6) is 0 Å². The molecule has 1 aliphatic heterocycles. The fourth-order valence-electron chi connectivity index (χ4n) is 4.62. The van der Waals surface area contributed by atoms with E-state index < -0.39 is 0 Å². The first-order chi connectivity index (χ1) is 9.79. The van der Waals surface area contributed by atoms with Gasteiger partial charge in [0.1, 0.15) is 5.82 Å². The normalized spacial score (nSPS) is 33.9. The molecule has 0 spiro atoms. The lowest BCUT2D eigenvalue weighted by Gasteiger charge is -2.41. The van der Waals surface area contributed by atoms with E-state index in [-0.39, 0.29) is 5.82 Å². The van der Waals surface area contributed by atoms with Crippen molar-refractivity contribution in [2.24, 2.45) is 11.8 Å². The summed E-state index contributed by atoms with van der Waals surface area (Å²) in [5.41, 5.74) is 1.17. The summed E-state index contributed by atoms with van der Waals surface area (Å²) in [5, 5.41) is 0. The smallest absolute Gasteiger partial charge is 0.123 e. The second-order valence-corrected chi connectivity index (χ2v) is 6.74. The summed E-state index contributed by atoms with van der Waals surface area (Å²) in [4.78, 5) is 5.12. The average Bonchev–Trinajstić information content (AvgIpc) is 3.11. The van der Waals surface area contributed by atoms with Crippen molar-refractivity contribution in [2.45, 2.75) is 31.7 Å². The Bertz CT molecular complexity index is 464. The van der Waals surface area contributed by atoms with Crippen molar-refractivity contribution in [3.8, 4) is 0 Å². The van der Waals surface area contributed by atoms with Gasteiger partial charge < -0.3 is 4.90 Å². The van der Waals surface area contributed by atoms with Crippen LogP contribution in [0.1, 0.15) is 25.7 Å². The molecule has 0 radical (unpaired) electrons. The first-order valence-corrected chi connectivity index (χ1v) is 8.04.